The number of rotatable bonds is 1. The Morgan fingerprint density at radius 3 is 2.64 bits per heavy atom. The molecule has 0 unspecified atom stereocenters. The van der Waals surface area contributed by atoms with E-state index in [2.05, 4.69) is 0 Å². The van der Waals surface area contributed by atoms with E-state index >= 15 is 0 Å². The molecule has 3 heteroatoms. The summed E-state index contributed by atoms with van der Waals surface area (Å²) in [5.41, 5.74) is 5.41. The first-order chi connectivity index (χ1) is 5.06. The largest absolute Gasteiger partial charge is 0.330 e. The van der Waals surface area contributed by atoms with Crippen molar-refractivity contribution in [3.8, 4) is 0 Å². The summed E-state index contributed by atoms with van der Waals surface area (Å²) in [5.74, 6) is -2.60. The monoisotopic (exact) mass is 163 g/mol. The van der Waals surface area contributed by atoms with Crippen LogP contribution in [-0.2, 0) is 0 Å². The molecule has 0 spiro atoms. The second-order valence-electron chi connectivity index (χ2n) is 3.54. The first kappa shape index (κ1) is 8.91. The molecule has 2 atom stereocenters. The summed E-state index contributed by atoms with van der Waals surface area (Å²) >= 11 is 0. The predicted octanol–water partition coefficient (Wildman–Crippen LogP) is 2.02. The fourth-order valence-corrected chi connectivity index (χ4v) is 1.65. The first-order valence-electron chi connectivity index (χ1n) is 4.14. The SMILES string of the molecule is C[C@H]1C[C@H](CN)CCC1(F)F. The van der Waals surface area contributed by atoms with E-state index in [1.807, 2.05) is 0 Å². The van der Waals surface area contributed by atoms with Gasteiger partial charge in [0.1, 0.15) is 0 Å². The van der Waals surface area contributed by atoms with Crippen molar-refractivity contribution in [2.24, 2.45) is 17.6 Å². The fourth-order valence-electron chi connectivity index (χ4n) is 1.65. The van der Waals surface area contributed by atoms with Gasteiger partial charge in [0.25, 0.3) is 5.92 Å². The topological polar surface area (TPSA) is 26.0 Å². The van der Waals surface area contributed by atoms with Crippen molar-refractivity contribution in [3.05, 3.63) is 0 Å². The highest BCUT2D eigenvalue weighted by Gasteiger charge is 2.41. The molecule has 1 aliphatic carbocycles. The summed E-state index contributed by atoms with van der Waals surface area (Å²) in [6, 6.07) is 0. The second-order valence-corrected chi connectivity index (χ2v) is 3.54. The van der Waals surface area contributed by atoms with Gasteiger partial charge in [-0.1, -0.05) is 6.92 Å². The summed E-state index contributed by atoms with van der Waals surface area (Å²) in [4.78, 5) is 0. The lowest BCUT2D eigenvalue weighted by Crippen LogP contribution is -2.35. The van der Waals surface area contributed by atoms with Gasteiger partial charge in [-0.3, -0.25) is 0 Å². The zero-order valence-corrected chi connectivity index (χ0v) is 6.82. The van der Waals surface area contributed by atoms with Crippen molar-refractivity contribution in [3.63, 3.8) is 0 Å². The minimum absolute atomic E-state index is 0.0238. The molecule has 0 radical (unpaired) electrons. The molecule has 0 aromatic heterocycles. The maximum atomic E-state index is 12.9. The minimum Gasteiger partial charge on any atom is -0.330 e. The third kappa shape index (κ3) is 1.89. The Labute approximate surface area is 66.0 Å². The van der Waals surface area contributed by atoms with Gasteiger partial charge in [0, 0.05) is 12.3 Å². The molecule has 1 saturated carbocycles. The Morgan fingerprint density at radius 1 is 1.55 bits per heavy atom. The van der Waals surface area contributed by atoms with Crippen molar-refractivity contribution in [2.75, 3.05) is 6.54 Å². The molecular formula is C8H15F2N. The second kappa shape index (κ2) is 3.05. The van der Waals surface area contributed by atoms with Crippen LogP contribution in [0.15, 0.2) is 0 Å². The average molecular weight is 163 g/mol. The van der Waals surface area contributed by atoms with E-state index in [4.69, 9.17) is 5.73 Å². The van der Waals surface area contributed by atoms with Gasteiger partial charge in [0.15, 0.2) is 0 Å². The average Bonchev–Trinajstić information content (AvgIpc) is 1.95. The molecule has 1 nitrogen and oxygen atoms in total. The molecule has 0 amide bonds. The molecule has 0 saturated heterocycles. The summed E-state index contributed by atoms with van der Waals surface area (Å²) in [7, 11) is 0. The van der Waals surface area contributed by atoms with Crippen LogP contribution in [0.1, 0.15) is 26.2 Å². The molecule has 0 aromatic carbocycles. The van der Waals surface area contributed by atoms with Crippen LogP contribution in [0, 0.1) is 11.8 Å². The Hall–Kier alpha value is -0.180. The molecule has 0 aromatic rings. The van der Waals surface area contributed by atoms with Crippen LogP contribution >= 0.6 is 0 Å². The van der Waals surface area contributed by atoms with Crippen molar-refractivity contribution in [2.45, 2.75) is 32.1 Å². The van der Waals surface area contributed by atoms with Crippen LogP contribution in [-0.4, -0.2) is 12.5 Å². The fraction of sp³-hybridized carbons (Fsp3) is 1.00. The molecule has 66 valence electrons. The van der Waals surface area contributed by atoms with Crippen molar-refractivity contribution in [1.29, 1.82) is 0 Å². The quantitative estimate of drug-likeness (QED) is 0.628. The van der Waals surface area contributed by atoms with Gasteiger partial charge in [-0.25, -0.2) is 8.78 Å². The van der Waals surface area contributed by atoms with E-state index in [-0.39, 0.29) is 6.42 Å². The summed E-state index contributed by atoms with van der Waals surface area (Å²) in [6.45, 7) is 2.17. The molecule has 1 rings (SSSR count). The van der Waals surface area contributed by atoms with Gasteiger partial charge in [-0.2, -0.15) is 0 Å². The number of hydrogen-bond acceptors (Lipinski definition) is 1. The van der Waals surface area contributed by atoms with E-state index in [0.29, 0.717) is 25.3 Å². The maximum Gasteiger partial charge on any atom is 0.250 e. The van der Waals surface area contributed by atoms with Crippen LogP contribution in [0.25, 0.3) is 0 Å². The van der Waals surface area contributed by atoms with Crippen LogP contribution in [0.4, 0.5) is 8.78 Å². The van der Waals surface area contributed by atoms with E-state index in [0.717, 1.165) is 0 Å². The summed E-state index contributed by atoms with van der Waals surface area (Å²) in [6.07, 6.45) is 1.20. The zero-order chi connectivity index (χ0) is 8.48. The van der Waals surface area contributed by atoms with Gasteiger partial charge < -0.3 is 5.73 Å². The number of hydrogen-bond donors (Lipinski definition) is 1. The van der Waals surface area contributed by atoms with Crippen molar-refractivity contribution >= 4 is 0 Å². The van der Waals surface area contributed by atoms with E-state index < -0.39 is 11.8 Å². The minimum atomic E-state index is -2.44. The lowest BCUT2D eigenvalue weighted by molar-refractivity contribution is -0.0896. The number of nitrogens with two attached hydrogens (primary N) is 1. The molecule has 1 aliphatic rings. The van der Waals surface area contributed by atoms with E-state index in [1.54, 1.807) is 6.92 Å². The van der Waals surface area contributed by atoms with Crippen molar-refractivity contribution in [1.82, 2.24) is 0 Å². The maximum absolute atomic E-state index is 12.9. The summed E-state index contributed by atoms with van der Waals surface area (Å²) < 4.78 is 25.7. The Bertz CT molecular complexity index is 136. The molecule has 1 fully saturated rings. The first-order valence-corrected chi connectivity index (χ1v) is 4.14. The zero-order valence-electron chi connectivity index (χ0n) is 6.82. The predicted molar refractivity (Wildman–Crippen MR) is 40.5 cm³/mol. The summed E-state index contributed by atoms with van der Waals surface area (Å²) in [5, 5.41) is 0. The highest BCUT2D eigenvalue weighted by molar-refractivity contribution is 4.83. The van der Waals surface area contributed by atoms with Crippen LogP contribution in [0.3, 0.4) is 0 Å². The molecule has 11 heavy (non-hydrogen) atoms. The van der Waals surface area contributed by atoms with Gasteiger partial charge in [-0.05, 0) is 25.3 Å². The normalized spacial score (nSPS) is 37.1. The third-order valence-electron chi connectivity index (χ3n) is 2.63. The Kier molecular flexibility index (Phi) is 2.47. The highest BCUT2D eigenvalue weighted by atomic mass is 19.3. The molecule has 0 heterocycles. The molecule has 2 N–H and O–H groups in total. The number of halogens is 2. The Morgan fingerprint density at radius 2 is 2.18 bits per heavy atom. The van der Waals surface area contributed by atoms with Crippen LogP contribution in [0.2, 0.25) is 0 Å². The van der Waals surface area contributed by atoms with Gasteiger partial charge in [0.2, 0.25) is 0 Å². The lowest BCUT2D eigenvalue weighted by atomic mass is 9.80. The van der Waals surface area contributed by atoms with Gasteiger partial charge in [0.05, 0.1) is 0 Å². The highest BCUT2D eigenvalue weighted by Crippen LogP contribution is 2.40. The molecule has 0 bridgehead atoms. The number of alkyl halides is 2. The standard InChI is InChI=1S/C8H15F2N/c1-6-4-7(5-11)2-3-8(6,9)10/h6-7H,2-5,11H2,1H3/t6-,7+/m0/s1. The van der Waals surface area contributed by atoms with E-state index in [1.165, 1.54) is 0 Å². The Balaban J connectivity index is 2.48. The van der Waals surface area contributed by atoms with Gasteiger partial charge >= 0.3 is 0 Å². The molecular weight excluding hydrogens is 148 g/mol. The smallest absolute Gasteiger partial charge is 0.250 e. The third-order valence-corrected chi connectivity index (χ3v) is 2.63. The van der Waals surface area contributed by atoms with E-state index in [9.17, 15) is 8.78 Å². The lowest BCUT2D eigenvalue weighted by Gasteiger charge is -2.33. The van der Waals surface area contributed by atoms with Crippen LogP contribution < -0.4 is 5.73 Å². The van der Waals surface area contributed by atoms with Crippen molar-refractivity contribution < 1.29 is 8.78 Å². The van der Waals surface area contributed by atoms with Gasteiger partial charge in [-0.15, -0.1) is 0 Å². The molecule has 0 aliphatic heterocycles. The van der Waals surface area contributed by atoms with Crippen LogP contribution in [0.5, 0.6) is 0 Å².